The van der Waals surface area contributed by atoms with Crippen LogP contribution in [0.2, 0.25) is 5.02 Å². The second kappa shape index (κ2) is 6.41. The maximum Gasteiger partial charge on any atom is 0.337 e. The first-order valence-electron chi connectivity index (χ1n) is 6.34. The summed E-state index contributed by atoms with van der Waals surface area (Å²) in [5.74, 6) is -1.40. The molecule has 0 atom stereocenters. The smallest absolute Gasteiger partial charge is 0.337 e. The third-order valence-corrected chi connectivity index (χ3v) is 3.33. The predicted molar refractivity (Wildman–Crippen MR) is 81.9 cm³/mol. The van der Waals surface area contributed by atoms with Gasteiger partial charge in [0.15, 0.2) is 0 Å². The van der Waals surface area contributed by atoms with Crippen molar-refractivity contribution in [3.63, 3.8) is 0 Å². The largest absolute Gasteiger partial charge is 0.478 e. The van der Waals surface area contributed by atoms with Gasteiger partial charge in [0, 0.05) is 5.02 Å². The molecule has 4 nitrogen and oxygen atoms in total. The zero-order valence-corrected chi connectivity index (χ0v) is 12.1. The first-order chi connectivity index (χ1) is 9.97. The fraction of sp³-hybridized carbons (Fsp3) is 0.125. The van der Waals surface area contributed by atoms with Gasteiger partial charge in [-0.15, -0.1) is 0 Å². The van der Waals surface area contributed by atoms with Gasteiger partial charge in [-0.25, -0.2) is 4.79 Å². The minimum atomic E-state index is -1.14. The molecule has 0 saturated carbocycles. The van der Waals surface area contributed by atoms with Crippen LogP contribution in [0.1, 0.15) is 21.5 Å². The molecule has 0 saturated heterocycles. The van der Waals surface area contributed by atoms with E-state index >= 15 is 0 Å². The Labute approximate surface area is 127 Å². The van der Waals surface area contributed by atoms with Crippen molar-refractivity contribution in [2.75, 3.05) is 5.32 Å². The number of carbonyl (C=O) groups excluding carboxylic acids is 1. The van der Waals surface area contributed by atoms with Crippen LogP contribution < -0.4 is 5.32 Å². The number of carboxylic acid groups (broad SMARTS) is 1. The van der Waals surface area contributed by atoms with Gasteiger partial charge in [-0.3, -0.25) is 4.79 Å². The quantitative estimate of drug-likeness (QED) is 0.908. The Bertz CT molecular complexity index is 698. The first-order valence-corrected chi connectivity index (χ1v) is 6.72. The molecule has 108 valence electrons. The lowest BCUT2D eigenvalue weighted by molar-refractivity contribution is -0.115. The summed E-state index contributed by atoms with van der Waals surface area (Å²) in [5.41, 5.74) is 2.13. The van der Waals surface area contributed by atoms with Crippen molar-refractivity contribution >= 4 is 29.2 Å². The number of halogens is 1. The van der Waals surface area contributed by atoms with Crippen molar-refractivity contribution in [1.82, 2.24) is 0 Å². The number of benzene rings is 2. The van der Waals surface area contributed by atoms with Gasteiger partial charge in [-0.1, -0.05) is 35.9 Å². The van der Waals surface area contributed by atoms with Crippen molar-refractivity contribution in [3.05, 3.63) is 64.2 Å². The van der Waals surface area contributed by atoms with Crippen molar-refractivity contribution in [2.24, 2.45) is 0 Å². The molecular weight excluding hydrogens is 290 g/mol. The lowest BCUT2D eigenvalue weighted by Gasteiger charge is -2.10. The molecular formula is C16H14ClNO3. The van der Waals surface area contributed by atoms with Crippen LogP contribution in [0.15, 0.2) is 42.5 Å². The van der Waals surface area contributed by atoms with E-state index in [9.17, 15) is 9.59 Å². The molecule has 0 aliphatic carbocycles. The molecule has 0 radical (unpaired) electrons. The van der Waals surface area contributed by atoms with Crippen LogP contribution >= 0.6 is 11.6 Å². The SMILES string of the molecule is Cc1ccccc1CC(=O)Nc1ccc(Cl)cc1C(=O)O. The molecule has 0 heterocycles. The summed E-state index contributed by atoms with van der Waals surface area (Å²) < 4.78 is 0. The van der Waals surface area contributed by atoms with Gasteiger partial charge < -0.3 is 10.4 Å². The number of hydrogen-bond acceptors (Lipinski definition) is 2. The number of anilines is 1. The molecule has 0 aromatic heterocycles. The summed E-state index contributed by atoms with van der Waals surface area (Å²) in [6.07, 6.45) is 0.189. The van der Waals surface area contributed by atoms with Gasteiger partial charge in [0.2, 0.25) is 5.91 Å². The molecule has 2 aromatic rings. The van der Waals surface area contributed by atoms with Crippen molar-refractivity contribution in [1.29, 1.82) is 0 Å². The molecule has 0 aliphatic rings. The van der Waals surface area contributed by atoms with E-state index < -0.39 is 5.97 Å². The topological polar surface area (TPSA) is 66.4 Å². The minimum Gasteiger partial charge on any atom is -0.478 e. The van der Waals surface area contributed by atoms with E-state index in [1.165, 1.54) is 18.2 Å². The highest BCUT2D eigenvalue weighted by Gasteiger charge is 2.13. The number of carboxylic acids is 1. The zero-order chi connectivity index (χ0) is 15.4. The van der Waals surface area contributed by atoms with Gasteiger partial charge in [-0.05, 0) is 36.2 Å². The third kappa shape index (κ3) is 3.83. The van der Waals surface area contributed by atoms with E-state index in [1.807, 2.05) is 31.2 Å². The zero-order valence-electron chi connectivity index (χ0n) is 11.4. The van der Waals surface area contributed by atoms with E-state index in [4.69, 9.17) is 16.7 Å². The second-order valence-corrected chi connectivity index (χ2v) is 5.08. The van der Waals surface area contributed by atoms with E-state index in [0.717, 1.165) is 11.1 Å². The highest BCUT2D eigenvalue weighted by Crippen LogP contribution is 2.21. The first kappa shape index (κ1) is 15.1. The van der Waals surface area contributed by atoms with Crippen molar-refractivity contribution in [2.45, 2.75) is 13.3 Å². The average Bonchev–Trinajstić information content (AvgIpc) is 2.43. The molecule has 2 N–H and O–H groups in total. The fourth-order valence-electron chi connectivity index (χ4n) is 1.98. The molecule has 21 heavy (non-hydrogen) atoms. The highest BCUT2D eigenvalue weighted by atomic mass is 35.5. The van der Waals surface area contributed by atoms with E-state index in [-0.39, 0.29) is 23.6 Å². The van der Waals surface area contributed by atoms with Crippen LogP contribution in [-0.4, -0.2) is 17.0 Å². The Morgan fingerprint density at radius 2 is 1.90 bits per heavy atom. The van der Waals surface area contributed by atoms with Crippen LogP contribution in [0, 0.1) is 6.92 Å². The molecule has 5 heteroatoms. The lowest BCUT2D eigenvalue weighted by Crippen LogP contribution is -2.17. The fourth-order valence-corrected chi connectivity index (χ4v) is 2.15. The van der Waals surface area contributed by atoms with Crippen LogP contribution in [-0.2, 0) is 11.2 Å². The van der Waals surface area contributed by atoms with Gasteiger partial charge in [0.05, 0.1) is 17.7 Å². The summed E-state index contributed by atoms with van der Waals surface area (Å²) in [5, 5.41) is 12.1. The molecule has 0 spiro atoms. The molecule has 0 unspecified atom stereocenters. The Kier molecular flexibility index (Phi) is 4.60. The summed E-state index contributed by atoms with van der Waals surface area (Å²) in [4.78, 5) is 23.2. The Morgan fingerprint density at radius 3 is 2.57 bits per heavy atom. The molecule has 2 rings (SSSR count). The van der Waals surface area contributed by atoms with E-state index in [1.54, 1.807) is 0 Å². The number of carbonyl (C=O) groups is 2. The van der Waals surface area contributed by atoms with Gasteiger partial charge in [0.1, 0.15) is 0 Å². The van der Waals surface area contributed by atoms with Gasteiger partial charge in [-0.2, -0.15) is 0 Å². The lowest BCUT2D eigenvalue weighted by atomic mass is 10.1. The maximum atomic E-state index is 12.1. The standard InChI is InChI=1S/C16H14ClNO3/c1-10-4-2-3-5-11(10)8-15(19)18-14-7-6-12(17)9-13(14)16(20)21/h2-7,9H,8H2,1H3,(H,18,19)(H,20,21). The van der Waals surface area contributed by atoms with E-state index in [2.05, 4.69) is 5.32 Å². The second-order valence-electron chi connectivity index (χ2n) is 4.65. The number of rotatable bonds is 4. The Balaban J connectivity index is 2.17. The summed E-state index contributed by atoms with van der Waals surface area (Å²) in [6, 6.07) is 11.9. The van der Waals surface area contributed by atoms with Crippen LogP contribution in [0.3, 0.4) is 0 Å². The number of aromatic carboxylic acids is 1. The molecule has 0 fully saturated rings. The summed E-state index contributed by atoms with van der Waals surface area (Å²) in [7, 11) is 0. The van der Waals surface area contributed by atoms with Crippen LogP contribution in [0.5, 0.6) is 0 Å². The average molecular weight is 304 g/mol. The maximum absolute atomic E-state index is 12.1. The number of nitrogens with one attached hydrogen (secondary N) is 1. The number of amides is 1. The number of aryl methyl sites for hydroxylation is 1. The number of hydrogen-bond donors (Lipinski definition) is 2. The third-order valence-electron chi connectivity index (χ3n) is 3.10. The van der Waals surface area contributed by atoms with Gasteiger partial charge in [0.25, 0.3) is 0 Å². The molecule has 0 bridgehead atoms. The molecule has 1 amide bonds. The summed E-state index contributed by atoms with van der Waals surface area (Å²) in [6.45, 7) is 1.92. The van der Waals surface area contributed by atoms with Crippen molar-refractivity contribution in [3.8, 4) is 0 Å². The van der Waals surface area contributed by atoms with Crippen molar-refractivity contribution < 1.29 is 14.7 Å². The van der Waals surface area contributed by atoms with Crippen LogP contribution in [0.25, 0.3) is 0 Å². The predicted octanol–water partition coefficient (Wildman–Crippen LogP) is 3.53. The molecule has 0 aliphatic heterocycles. The van der Waals surface area contributed by atoms with E-state index in [0.29, 0.717) is 5.02 Å². The summed E-state index contributed by atoms with van der Waals surface area (Å²) >= 11 is 5.77. The highest BCUT2D eigenvalue weighted by molar-refractivity contribution is 6.31. The van der Waals surface area contributed by atoms with Gasteiger partial charge >= 0.3 is 5.97 Å². The Hall–Kier alpha value is -2.33. The normalized spacial score (nSPS) is 10.2. The minimum absolute atomic E-state index is 0.0272. The van der Waals surface area contributed by atoms with Crippen LogP contribution in [0.4, 0.5) is 5.69 Å². The Morgan fingerprint density at radius 1 is 1.19 bits per heavy atom. The monoisotopic (exact) mass is 303 g/mol. The molecule has 2 aromatic carbocycles.